The fourth-order valence-electron chi connectivity index (χ4n) is 6.71. The quantitative estimate of drug-likeness (QED) is 0.198. The van der Waals surface area contributed by atoms with Crippen molar-refractivity contribution >= 4 is 31.6 Å². The third-order valence-corrected chi connectivity index (χ3v) is 13.2. The Morgan fingerprint density at radius 1 is 0.841 bits per heavy atom. The summed E-state index contributed by atoms with van der Waals surface area (Å²) in [5, 5.41) is 0.601. The zero-order chi connectivity index (χ0) is 31.3. The van der Waals surface area contributed by atoms with Crippen LogP contribution in [-0.2, 0) is 40.1 Å². The number of sulfonamides is 2. The molecule has 0 unspecified atom stereocenters. The van der Waals surface area contributed by atoms with E-state index in [1.807, 2.05) is 32.3 Å². The molecule has 0 radical (unpaired) electrons. The highest BCUT2D eigenvalue weighted by Crippen LogP contribution is 2.32. The number of halogens is 1. The van der Waals surface area contributed by atoms with Crippen LogP contribution in [0.3, 0.4) is 0 Å². The van der Waals surface area contributed by atoms with Crippen molar-refractivity contribution in [2.75, 3.05) is 13.1 Å². The molecule has 2 aliphatic rings. The van der Waals surface area contributed by atoms with Crippen molar-refractivity contribution < 1.29 is 26.1 Å². The van der Waals surface area contributed by atoms with Gasteiger partial charge >= 0.3 is 0 Å². The first-order chi connectivity index (χ1) is 21.0. The maximum Gasteiger partial charge on any atom is 0.243 e. The SMILES string of the molecule is Cc1o[n+](C)cc1CCCN(CC1CCCCC1)S(=O)(=O)c1ccc(S(=O)(=O)N(Cc2ccc(Cl)cc2)C2CCCC2)cc1. The minimum Gasteiger partial charge on any atom is -0.242 e. The first-order valence-electron chi connectivity index (χ1n) is 15.9. The summed E-state index contributed by atoms with van der Waals surface area (Å²) in [5.74, 6) is 1.17. The average molecular weight is 663 g/mol. The molecule has 0 atom stereocenters. The van der Waals surface area contributed by atoms with E-state index in [-0.39, 0.29) is 22.4 Å². The number of nitrogens with zero attached hydrogens (tertiary/aromatic N) is 3. The summed E-state index contributed by atoms with van der Waals surface area (Å²) in [4.78, 5) is 0.239. The second-order valence-corrected chi connectivity index (χ2v) is 16.7. The van der Waals surface area contributed by atoms with E-state index < -0.39 is 20.0 Å². The Labute approximate surface area is 268 Å². The second kappa shape index (κ2) is 14.5. The van der Waals surface area contributed by atoms with Crippen LogP contribution in [-0.4, -0.2) is 44.6 Å². The Morgan fingerprint density at radius 2 is 1.43 bits per heavy atom. The van der Waals surface area contributed by atoms with Gasteiger partial charge in [0.1, 0.15) is 0 Å². The van der Waals surface area contributed by atoms with Gasteiger partial charge in [-0.2, -0.15) is 8.61 Å². The van der Waals surface area contributed by atoms with E-state index in [0.717, 1.165) is 68.3 Å². The molecule has 2 aromatic carbocycles. The van der Waals surface area contributed by atoms with Crippen LogP contribution >= 0.6 is 11.6 Å². The Kier molecular flexibility index (Phi) is 10.9. The van der Waals surface area contributed by atoms with E-state index in [4.69, 9.17) is 16.1 Å². The van der Waals surface area contributed by atoms with Crippen molar-refractivity contribution in [3.63, 3.8) is 0 Å². The molecular formula is C33H45ClN3O5S2+. The zero-order valence-electron chi connectivity index (χ0n) is 25.8. The van der Waals surface area contributed by atoms with Crippen LogP contribution in [0.5, 0.6) is 0 Å². The normalized spacial score (nSPS) is 17.2. The van der Waals surface area contributed by atoms with Crippen LogP contribution in [0.1, 0.15) is 81.1 Å². The van der Waals surface area contributed by atoms with Crippen molar-refractivity contribution in [3.8, 4) is 0 Å². The van der Waals surface area contributed by atoms with Crippen molar-refractivity contribution in [3.05, 3.63) is 76.6 Å². The highest BCUT2D eigenvalue weighted by Gasteiger charge is 2.34. The van der Waals surface area contributed by atoms with E-state index in [2.05, 4.69) is 0 Å². The minimum atomic E-state index is -3.86. The van der Waals surface area contributed by atoms with Gasteiger partial charge in [-0.05, 0) is 91.1 Å². The highest BCUT2D eigenvalue weighted by atomic mass is 35.5. The Bertz CT molecular complexity index is 1590. The summed E-state index contributed by atoms with van der Waals surface area (Å²) >= 11 is 6.06. The monoisotopic (exact) mass is 662 g/mol. The second-order valence-electron chi connectivity index (χ2n) is 12.4. The first-order valence-corrected chi connectivity index (χ1v) is 19.1. The average Bonchev–Trinajstić information content (AvgIpc) is 3.66. The fraction of sp³-hybridized carbons (Fsp3) is 0.545. The number of hydrogen-bond acceptors (Lipinski definition) is 5. The highest BCUT2D eigenvalue weighted by molar-refractivity contribution is 7.89. The van der Waals surface area contributed by atoms with Gasteiger partial charge < -0.3 is 0 Å². The lowest BCUT2D eigenvalue weighted by Gasteiger charge is -2.30. The molecule has 2 aliphatic carbocycles. The van der Waals surface area contributed by atoms with E-state index >= 15 is 0 Å². The van der Waals surface area contributed by atoms with Gasteiger partial charge in [0.15, 0.2) is 12.8 Å². The van der Waals surface area contributed by atoms with Gasteiger partial charge in [-0.15, -0.1) is 0 Å². The maximum absolute atomic E-state index is 14.0. The summed E-state index contributed by atoms with van der Waals surface area (Å²) < 4.78 is 66.5. The van der Waals surface area contributed by atoms with Gasteiger partial charge in [-0.3, -0.25) is 0 Å². The number of hydrogen-bond donors (Lipinski definition) is 0. The third kappa shape index (κ3) is 7.94. The van der Waals surface area contributed by atoms with E-state index in [1.54, 1.807) is 25.5 Å². The zero-order valence-corrected chi connectivity index (χ0v) is 28.2. The molecule has 0 N–H and O–H groups in total. The molecule has 5 rings (SSSR count). The van der Waals surface area contributed by atoms with Gasteiger partial charge in [-0.25, -0.2) is 21.4 Å². The summed E-state index contributed by atoms with van der Waals surface area (Å²) in [6, 6.07) is 13.0. The Balaban J connectivity index is 1.36. The molecule has 1 heterocycles. The number of aromatic nitrogens is 1. The lowest BCUT2D eigenvalue weighted by atomic mass is 9.89. The molecule has 2 fully saturated rings. The van der Waals surface area contributed by atoms with Gasteiger partial charge in [0.05, 0.1) is 15.4 Å². The lowest BCUT2D eigenvalue weighted by Crippen LogP contribution is -2.38. The van der Waals surface area contributed by atoms with Crippen molar-refractivity contribution in [1.82, 2.24) is 8.61 Å². The molecule has 0 bridgehead atoms. The van der Waals surface area contributed by atoms with Crippen LogP contribution in [0.25, 0.3) is 0 Å². The topological polar surface area (TPSA) is 91.8 Å². The molecule has 240 valence electrons. The number of aryl methyl sites for hydroxylation is 3. The van der Waals surface area contributed by atoms with Gasteiger partial charge in [0.25, 0.3) is 0 Å². The van der Waals surface area contributed by atoms with Crippen LogP contribution in [0.2, 0.25) is 5.02 Å². The fourth-order valence-corrected chi connectivity index (χ4v) is 10.1. The molecule has 0 spiro atoms. The van der Waals surface area contributed by atoms with E-state index in [9.17, 15) is 16.8 Å². The number of benzene rings is 2. The van der Waals surface area contributed by atoms with Crippen LogP contribution in [0.4, 0.5) is 0 Å². The van der Waals surface area contributed by atoms with Crippen LogP contribution in [0.15, 0.2) is 69.0 Å². The third-order valence-electron chi connectivity index (χ3n) is 9.16. The lowest BCUT2D eigenvalue weighted by molar-refractivity contribution is -0.846. The summed E-state index contributed by atoms with van der Waals surface area (Å²) in [5.41, 5.74) is 1.93. The molecule has 11 heteroatoms. The Hall–Kier alpha value is -2.24. The van der Waals surface area contributed by atoms with E-state index in [1.165, 1.54) is 30.7 Å². The largest absolute Gasteiger partial charge is 0.243 e. The molecule has 0 saturated heterocycles. The molecule has 2 saturated carbocycles. The molecule has 1 aromatic heterocycles. The number of rotatable bonds is 13. The Morgan fingerprint density at radius 3 is 2.02 bits per heavy atom. The summed E-state index contributed by atoms with van der Waals surface area (Å²) in [6.45, 7) is 3.04. The van der Waals surface area contributed by atoms with Crippen molar-refractivity contribution in [2.24, 2.45) is 13.0 Å². The van der Waals surface area contributed by atoms with Crippen molar-refractivity contribution in [1.29, 1.82) is 0 Å². The summed E-state index contributed by atoms with van der Waals surface area (Å²) in [7, 11) is -5.85. The molecule has 3 aromatic rings. The van der Waals surface area contributed by atoms with Crippen LogP contribution in [0, 0.1) is 12.8 Å². The summed E-state index contributed by atoms with van der Waals surface area (Å²) in [6.07, 6.45) is 12.4. The molecule has 44 heavy (non-hydrogen) atoms. The predicted molar refractivity (Wildman–Crippen MR) is 171 cm³/mol. The van der Waals surface area contributed by atoms with E-state index in [0.29, 0.717) is 36.9 Å². The van der Waals surface area contributed by atoms with Gasteiger partial charge in [0.2, 0.25) is 26.2 Å². The van der Waals surface area contributed by atoms with Gasteiger partial charge in [0, 0.05) is 37.6 Å². The molecular weight excluding hydrogens is 618 g/mol. The molecule has 0 amide bonds. The molecule has 8 nitrogen and oxygen atoms in total. The minimum absolute atomic E-state index is 0.0916. The smallest absolute Gasteiger partial charge is 0.242 e. The van der Waals surface area contributed by atoms with Crippen molar-refractivity contribution in [2.45, 2.75) is 99.9 Å². The maximum atomic E-state index is 14.0. The standard InChI is InChI=1S/C33H45ClN3O5S2/c1-26-29(25-35(2)42-26)11-8-22-36(23-27-9-4-3-5-10-27)43(38,39)32-18-20-33(21-19-32)44(40,41)37(31-12-6-7-13-31)24-28-14-16-30(34)17-15-28/h14-21,25,27,31H,3-13,22-24H2,1-2H3/q+1. The first kappa shape index (κ1) is 33.1. The molecule has 0 aliphatic heterocycles. The van der Waals surface area contributed by atoms with Crippen LogP contribution < -0.4 is 4.74 Å². The van der Waals surface area contributed by atoms with Gasteiger partial charge in [-0.1, -0.05) is 55.8 Å². The predicted octanol–water partition coefficient (Wildman–Crippen LogP) is 6.40.